The lowest BCUT2D eigenvalue weighted by Crippen LogP contribution is -2.15. The Hall–Kier alpha value is -3.61. The zero-order valence-corrected chi connectivity index (χ0v) is 14.0. The Balaban J connectivity index is 1.76. The summed E-state index contributed by atoms with van der Waals surface area (Å²) in [4.78, 5) is 31.5. The number of benzene rings is 2. The van der Waals surface area contributed by atoms with Crippen LogP contribution in [0.1, 0.15) is 11.3 Å². The highest BCUT2D eigenvalue weighted by Crippen LogP contribution is 2.21. The topological polar surface area (TPSA) is 98.0 Å². The van der Waals surface area contributed by atoms with E-state index in [4.69, 9.17) is 0 Å². The number of nitro benzene ring substituents is 1. The van der Waals surface area contributed by atoms with E-state index in [9.17, 15) is 14.9 Å². The van der Waals surface area contributed by atoms with E-state index in [0.29, 0.717) is 17.1 Å². The van der Waals surface area contributed by atoms with Gasteiger partial charge in [0.05, 0.1) is 11.3 Å². The molecule has 0 bridgehead atoms. The number of nitrogens with one attached hydrogen (secondary N) is 1. The van der Waals surface area contributed by atoms with Gasteiger partial charge in [-0.3, -0.25) is 14.9 Å². The van der Waals surface area contributed by atoms with Crippen LogP contribution in [0.4, 0.5) is 11.4 Å². The summed E-state index contributed by atoms with van der Waals surface area (Å²) in [6, 6.07) is 15.2. The van der Waals surface area contributed by atoms with E-state index in [1.165, 1.54) is 6.07 Å². The highest BCUT2D eigenvalue weighted by molar-refractivity contribution is 5.93. The quantitative estimate of drug-likeness (QED) is 0.562. The van der Waals surface area contributed by atoms with E-state index >= 15 is 0 Å². The third-order valence-corrected chi connectivity index (χ3v) is 3.74. The number of aromatic nitrogens is 2. The molecule has 7 nitrogen and oxygen atoms in total. The second-order valence-electron chi connectivity index (χ2n) is 5.71. The molecule has 1 heterocycles. The lowest BCUT2D eigenvalue weighted by molar-refractivity contribution is -0.385. The van der Waals surface area contributed by atoms with Gasteiger partial charge in [-0.05, 0) is 25.1 Å². The number of amides is 1. The van der Waals surface area contributed by atoms with Crippen molar-refractivity contribution >= 4 is 17.3 Å². The van der Waals surface area contributed by atoms with Crippen molar-refractivity contribution < 1.29 is 9.72 Å². The van der Waals surface area contributed by atoms with Crippen LogP contribution < -0.4 is 5.32 Å². The number of carbonyl (C=O) groups excluding carboxylic acids is 1. The minimum absolute atomic E-state index is 0.0652. The molecular formula is C19H16N4O3. The van der Waals surface area contributed by atoms with Crippen LogP contribution in [0, 0.1) is 17.0 Å². The largest absolute Gasteiger partial charge is 0.326 e. The SMILES string of the molecule is Cc1ccnc(-c2cccc(NC(=O)Cc3ccccc3[N+](=O)[O-])c2)n1. The van der Waals surface area contributed by atoms with Gasteiger partial charge in [0.2, 0.25) is 5.91 Å². The predicted molar refractivity (Wildman–Crippen MR) is 97.6 cm³/mol. The third kappa shape index (κ3) is 4.07. The molecule has 3 rings (SSSR count). The molecular weight excluding hydrogens is 332 g/mol. The van der Waals surface area contributed by atoms with Crippen molar-refractivity contribution in [3.63, 3.8) is 0 Å². The molecule has 0 spiro atoms. The van der Waals surface area contributed by atoms with Gasteiger partial charge < -0.3 is 5.32 Å². The van der Waals surface area contributed by atoms with Crippen LogP contribution in [0.15, 0.2) is 60.8 Å². The van der Waals surface area contributed by atoms with Crippen LogP contribution in [-0.4, -0.2) is 20.8 Å². The Morgan fingerprint density at radius 2 is 1.96 bits per heavy atom. The minimum Gasteiger partial charge on any atom is -0.326 e. The Morgan fingerprint density at radius 3 is 2.73 bits per heavy atom. The van der Waals surface area contributed by atoms with Crippen LogP contribution in [-0.2, 0) is 11.2 Å². The van der Waals surface area contributed by atoms with Gasteiger partial charge in [0.25, 0.3) is 5.69 Å². The van der Waals surface area contributed by atoms with Crippen molar-refractivity contribution in [2.75, 3.05) is 5.32 Å². The monoisotopic (exact) mass is 348 g/mol. The summed E-state index contributed by atoms with van der Waals surface area (Å²) in [7, 11) is 0. The average molecular weight is 348 g/mol. The number of carbonyl (C=O) groups is 1. The Morgan fingerprint density at radius 1 is 1.15 bits per heavy atom. The maximum absolute atomic E-state index is 12.3. The fourth-order valence-corrected chi connectivity index (χ4v) is 2.54. The number of hydrogen-bond acceptors (Lipinski definition) is 5. The molecule has 0 aliphatic carbocycles. The first-order chi connectivity index (χ1) is 12.5. The van der Waals surface area contributed by atoms with Gasteiger partial charge in [0.1, 0.15) is 0 Å². The van der Waals surface area contributed by atoms with Crippen LogP contribution in [0.2, 0.25) is 0 Å². The summed E-state index contributed by atoms with van der Waals surface area (Å²) in [6.45, 7) is 1.88. The van der Waals surface area contributed by atoms with Gasteiger partial charge in [-0.25, -0.2) is 9.97 Å². The van der Waals surface area contributed by atoms with Gasteiger partial charge in [0, 0.05) is 34.8 Å². The molecule has 0 aliphatic heterocycles. The second kappa shape index (κ2) is 7.52. The van der Waals surface area contributed by atoms with Crippen molar-refractivity contribution in [1.82, 2.24) is 9.97 Å². The zero-order chi connectivity index (χ0) is 18.5. The van der Waals surface area contributed by atoms with Crippen molar-refractivity contribution in [3.8, 4) is 11.4 Å². The van der Waals surface area contributed by atoms with Crippen LogP contribution in [0.3, 0.4) is 0 Å². The maximum atomic E-state index is 12.3. The summed E-state index contributed by atoms with van der Waals surface area (Å²) in [5.41, 5.74) is 2.51. The average Bonchev–Trinajstić information content (AvgIpc) is 2.62. The molecule has 0 atom stereocenters. The number of nitro groups is 1. The zero-order valence-electron chi connectivity index (χ0n) is 14.0. The summed E-state index contributed by atoms with van der Waals surface area (Å²) < 4.78 is 0. The summed E-state index contributed by atoms with van der Waals surface area (Å²) in [5.74, 6) is 0.237. The fourth-order valence-electron chi connectivity index (χ4n) is 2.54. The molecule has 0 saturated carbocycles. The summed E-state index contributed by atoms with van der Waals surface area (Å²) in [5, 5.41) is 13.8. The van der Waals surface area contributed by atoms with Gasteiger partial charge in [-0.1, -0.05) is 30.3 Å². The Labute approximate surface area is 149 Å². The molecule has 0 saturated heterocycles. The third-order valence-electron chi connectivity index (χ3n) is 3.74. The van der Waals surface area contributed by atoms with Crippen molar-refractivity contribution in [1.29, 1.82) is 0 Å². The predicted octanol–water partition coefficient (Wildman–Crippen LogP) is 3.54. The second-order valence-corrected chi connectivity index (χ2v) is 5.71. The first-order valence-corrected chi connectivity index (χ1v) is 7.95. The number of rotatable bonds is 5. The smallest absolute Gasteiger partial charge is 0.273 e. The standard InChI is InChI=1S/C19H16N4O3/c1-13-9-10-20-19(21-13)15-6-4-7-16(11-15)22-18(24)12-14-5-2-3-8-17(14)23(25)26/h2-11H,12H2,1H3,(H,22,24). The molecule has 130 valence electrons. The van der Waals surface area contributed by atoms with Crippen molar-refractivity contribution in [2.24, 2.45) is 0 Å². The van der Waals surface area contributed by atoms with E-state index in [0.717, 1.165) is 11.3 Å². The summed E-state index contributed by atoms with van der Waals surface area (Å²) >= 11 is 0. The first kappa shape index (κ1) is 17.2. The highest BCUT2D eigenvalue weighted by atomic mass is 16.6. The molecule has 0 fully saturated rings. The van der Waals surface area contributed by atoms with E-state index in [2.05, 4.69) is 15.3 Å². The normalized spacial score (nSPS) is 10.3. The number of aryl methyl sites for hydroxylation is 1. The lowest BCUT2D eigenvalue weighted by atomic mass is 10.1. The molecule has 2 aromatic carbocycles. The molecule has 0 radical (unpaired) electrons. The summed E-state index contributed by atoms with van der Waals surface area (Å²) in [6.07, 6.45) is 1.60. The van der Waals surface area contributed by atoms with Crippen LogP contribution in [0.25, 0.3) is 11.4 Å². The molecule has 0 aliphatic rings. The minimum atomic E-state index is -0.488. The van der Waals surface area contributed by atoms with Gasteiger partial charge in [0.15, 0.2) is 5.82 Å². The fraction of sp³-hybridized carbons (Fsp3) is 0.105. The van der Waals surface area contributed by atoms with Crippen LogP contribution >= 0.6 is 0 Å². The van der Waals surface area contributed by atoms with Gasteiger partial charge in [-0.15, -0.1) is 0 Å². The van der Waals surface area contributed by atoms with Crippen molar-refractivity contribution in [3.05, 3.63) is 82.2 Å². The molecule has 26 heavy (non-hydrogen) atoms. The molecule has 1 amide bonds. The Bertz CT molecular complexity index is 972. The van der Waals surface area contributed by atoms with E-state index in [-0.39, 0.29) is 18.0 Å². The van der Waals surface area contributed by atoms with Gasteiger partial charge >= 0.3 is 0 Å². The maximum Gasteiger partial charge on any atom is 0.273 e. The number of para-hydroxylation sites is 1. The number of anilines is 1. The van der Waals surface area contributed by atoms with Crippen LogP contribution in [0.5, 0.6) is 0 Å². The van der Waals surface area contributed by atoms with Crippen molar-refractivity contribution in [2.45, 2.75) is 13.3 Å². The first-order valence-electron chi connectivity index (χ1n) is 7.95. The van der Waals surface area contributed by atoms with E-state index in [1.54, 1.807) is 42.6 Å². The Kier molecular flexibility index (Phi) is 4.98. The lowest BCUT2D eigenvalue weighted by Gasteiger charge is -2.08. The molecule has 7 heteroatoms. The highest BCUT2D eigenvalue weighted by Gasteiger charge is 2.15. The molecule has 0 unspecified atom stereocenters. The van der Waals surface area contributed by atoms with Gasteiger partial charge in [-0.2, -0.15) is 0 Å². The molecule has 1 N–H and O–H groups in total. The number of nitrogens with zero attached hydrogens (tertiary/aromatic N) is 3. The molecule has 3 aromatic rings. The number of hydrogen-bond donors (Lipinski definition) is 1. The molecule has 1 aromatic heterocycles. The van der Waals surface area contributed by atoms with E-state index in [1.807, 2.05) is 19.1 Å². The van der Waals surface area contributed by atoms with E-state index < -0.39 is 4.92 Å².